The van der Waals surface area contributed by atoms with E-state index in [2.05, 4.69) is 0 Å². The van der Waals surface area contributed by atoms with Crippen LogP contribution in [-0.2, 0) is 16.2 Å². The molecule has 1 fully saturated rings. The Morgan fingerprint density at radius 1 is 1.00 bits per heavy atom. The van der Waals surface area contributed by atoms with Crippen molar-refractivity contribution in [3.8, 4) is 11.5 Å². The van der Waals surface area contributed by atoms with Gasteiger partial charge in [-0.3, -0.25) is 19.4 Å². The van der Waals surface area contributed by atoms with Gasteiger partial charge in [-0.15, -0.1) is 0 Å². The lowest BCUT2D eigenvalue weighted by atomic mass is 10.1. The minimum Gasteiger partial charge on any atom is -0.493 e. The molecule has 1 saturated heterocycles. The molecule has 3 rings (SSSR count). The van der Waals surface area contributed by atoms with Crippen molar-refractivity contribution >= 4 is 29.9 Å². The lowest BCUT2D eigenvalue weighted by Gasteiger charge is -2.29. The molecule has 1 aliphatic heterocycles. The van der Waals surface area contributed by atoms with E-state index in [9.17, 15) is 19.2 Å². The highest BCUT2D eigenvalue weighted by Crippen LogP contribution is 2.34. The number of carbonyl (C=O) groups excluding carboxylic acids is 3. The minimum atomic E-state index is -1.03. The number of likely N-dealkylation sites (N-methyl/N-ethyl adjacent to an activating group) is 2. The van der Waals surface area contributed by atoms with Gasteiger partial charge in [0.25, 0.3) is 11.8 Å². The molecule has 0 saturated carbocycles. The molecule has 2 aromatic rings. The van der Waals surface area contributed by atoms with Crippen LogP contribution in [0.5, 0.6) is 11.5 Å². The predicted octanol–water partition coefficient (Wildman–Crippen LogP) is 2.41. The normalized spacial score (nSPS) is 14.0. The van der Waals surface area contributed by atoms with Crippen molar-refractivity contribution in [2.75, 3.05) is 21.2 Å². The molecule has 4 amide bonds. The van der Waals surface area contributed by atoms with Crippen molar-refractivity contribution in [2.24, 2.45) is 0 Å². The van der Waals surface area contributed by atoms with Crippen molar-refractivity contribution in [1.82, 2.24) is 9.80 Å². The number of amides is 4. The Bertz CT molecular complexity index is 1060. The van der Waals surface area contributed by atoms with Crippen molar-refractivity contribution in [3.63, 3.8) is 0 Å². The van der Waals surface area contributed by atoms with E-state index in [-0.39, 0.29) is 17.7 Å². The van der Waals surface area contributed by atoms with Crippen LogP contribution in [-0.4, -0.2) is 59.9 Å². The number of nitrogens with zero attached hydrogens (tertiary/aromatic N) is 2. The van der Waals surface area contributed by atoms with Gasteiger partial charge in [0.1, 0.15) is 12.2 Å². The first-order valence-electron chi connectivity index (χ1n) is 9.18. The van der Waals surface area contributed by atoms with Gasteiger partial charge in [-0.05, 0) is 29.8 Å². The number of rotatable bonds is 6. The zero-order valence-electron chi connectivity index (χ0n) is 17.1. The van der Waals surface area contributed by atoms with Crippen LogP contribution < -0.4 is 9.47 Å². The predicted molar refractivity (Wildman–Crippen MR) is 110 cm³/mol. The third kappa shape index (κ3) is 4.25. The van der Waals surface area contributed by atoms with Crippen LogP contribution in [0.2, 0.25) is 0 Å². The molecule has 31 heavy (non-hydrogen) atoms. The van der Waals surface area contributed by atoms with Gasteiger partial charge in [0.05, 0.1) is 12.7 Å². The quantitative estimate of drug-likeness (QED) is 0.560. The summed E-state index contributed by atoms with van der Waals surface area (Å²) >= 11 is 0. The minimum absolute atomic E-state index is 0.0939. The lowest BCUT2D eigenvalue weighted by Crippen LogP contribution is -2.52. The van der Waals surface area contributed by atoms with Gasteiger partial charge in [0, 0.05) is 19.7 Å². The fourth-order valence-electron chi connectivity index (χ4n) is 2.99. The fourth-order valence-corrected chi connectivity index (χ4v) is 2.99. The molecule has 0 atom stereocenters. The molecule has 0 unspecified atom stereocenters. The molecule has 0 radical (unpaired) electrons. The van der Waals surface area contributed by atoms with Gasteiger partial charge < -0.3 is 14.6 Å². The summed E-state index contributed by atoms with van der Waals surface area (Å²) in [5, 5.41) is 9.00. The van der Waals surface area contributed by atoms with Crippen LogP contribution in [0.4, 0.5) is 4.79 Å². The molecule has 0 spiro atoms. The van der Waals surface area contributed by atoms with Crippen LogP contribution in [0.1, 0.15) is 21.5 Å². The Balaban J connectivity index is 1.94. The largest absolute Gasteiger partial charge is 0.493 e. The van der Waals surface area contributed by atoms with Crippen LogP contribution >= 0.6 is 0 Å². The zero-order chi connectivity index (χ0) is 22.7. The van der Waals surface area contributed by atoms with E-state index in [1.807, 2.05) is 0 Å². The summed E-state index contributed by atoms with van der Waals surface area (Å²) in [6, 6.07) is 10.5. The number of benzene rings is 2. The molecule has 160 valence electrons. The summed E-state index contributed by atoms with van der Waals surface area (Å²) in [4.78, 5) is 49.6. The Morgan fingerprint density at radius 2 is 1.61 bits per heavy atom. The SMILES string of the molecule is COc1cccc(C=C2C(=O)N(C)C(=O)N(C)C2=O)c1OCc1ccc(C(=O)O)cc1. The second kappa shape index (κ2) is 8.70. The molecule has 0 bridgehead atoms. The molecule has 2 aromatic carbocycles. The number of aromatic carboxylic acids is 1. The summed E-state index contributed by atoms with van der Waals surface area (Å²) in [6.45, 7) is 0.0939. The van der Waals surface area contributed by atoms with E-state index in [0.29, 0.717) is 22.6 Å². The second-order valence-electron chi connectivity index (χ2n) is 6.74. The molecular weight excluding hydrogens is 404 g/mol. The number of imide groups is 2. The van der Waals surface area contributed by atoms with Gasteiger partial charge in [-0.2, -0.15) is 0 Å². The Morgan fingerprint density at radius 3 is 2.16 bits per heavy atom. The van der Waals surface area contributed by atoms with E-state index in [1.54, 1.807) is 30.3 Å². The number of para-hydroxylation sites is 1. The smallest absolute Gasteiger partial charge is 0.335 e. The molecule has 1 heterocycles. The van der Waals surface area contributed by atoms with Crippen molar-refractivity contribution in [3.05, 3.63) is 64.7 Å². The first kappa shape index (κ1) is 21.6. The van der Waals surface area contributed by atoms with Gasteiger partial charge in [0.2, 0.25) is 0 Å². The maximum absolute atomic E-state index is 12.5. The first-order valence-corrected chi connectivity index (χ1v) is 9.18. The number of hydrogen-bond acceptors (Lipinski definition) is 6. The number of barbiturate groups is 1. The van der Waals surface area contributed by atoms with E-state index >= 15 is 0 Å². The average Bonchev–Trinajstić information content (AvgIpc) is 2.78. The van der Waals surface area contributed by atoms with E-state index in [0.717, 1.165) is 9.80 Å². The Hall–Kier alpha value is -4.14. The molecule has 9 nitrogen and oxygen atoms in total. The highest BCUT2D eigenvalue weighted by Gasteiger charge is 2.38. The van der Waals surface area contributed by atoms with E-state index in [4.69, 9.17) is 14.6 Å². The topological polar surface area (TPSA) is 113 Å². The molecule has 0 aromatic heterocycles. The number of carbonyl (C=O) groups is 4. The summed E-state index contributed by atoms with van der Waals surface area (Å²) < 4.78 is 11.2. The van der Waals surface area contributed by atoms with Gasteiger partial charge >= 0.3 is 12.0 Å². The van der Waals surface area contributed by atoms with Crippen molar-refractivity contribution in [1.29, 1.82) is 0 Å². The van der Waals surface area contributed by atoms with Gasteiger partial charge in [-0.1, -0.05) is 24.3 Å². The number of carboxylic acids is 1. The molecule has 1 aliphatic rings. The summed E-state index contributed by atoms with van der Waals surface area (Å²) in [5.41, 5.74) is 1.09. The molecule has 9 heteroatoms. The monoisotopic (exact) mass is 424 g/mol. The molecule has 0 aliphatic carbocycles. The van der Waals surface area contributed by atoms with Crippen LogP contribution in [0.15, 0.2) is 48.0 Å². The number of ether oxygens (including phenoxy) is 2. The standard InChI is InChI=1S/C22H20N2O7/c1-23-19(25)16(20(26)24(2)22(23)29)11-15-5-4-6-17(30-3)18(15)31-12-13-7-9-14(10-8-13)21(27)28/h4-11H,12H2,1-3H3,(H,27,28). The fraction of sp³-hybridized carbons (Fsp3) is 0.182. The maximum atomic E-state index is 12.5. The highest BCUT2D eigenvalue weighted by molar-refractivity contribution is 6.30. The van der Waals surface area contributed by atoms with Crippen LogP contribution in [0.3, 0.4) is 0 Å². The number of urea groups is 1. The molecule has 1 N–H and O–H groups in total. The number of hydrogen-bond donors (Lipinski definition) is 1. The van der Waals surface area contributed by atoms with Gasteiger partial charge in [0.15, 0.2) is 11.5 Å². The number of carboxylic acid groups (broad SMARTS) is 1. The third-order valence-electron chi connectivity index (χ3n) is 4.76. The first-order chi connectivity index (χ1) is 14.7. The maximum Gasteiger partial charge on any atom is 0.335 e. The lowest BCUT2D eigenvalue weighted by molar-refractivity contribution is -0.134. The second-order valence-corrected chi connectivity index (χ2v) is 6.74. The number of methoxy groups -OCH3 is 1. The summed E-state index contributed by atoms with van der Waals surface area (Å²) in [5.74, 6) is -1.79. The summed E-state index contributed by atoms with van der Waals surface area (Å²) in [7, 11) is 4.05. The Kier molecular flexibility index (Phi) is 6.05. The highest BCUT2D eigenvalue weighted by atomic mass is 16.5. The van der Waals surface area contributed by atoms with E-state index < -0.39 is 23.8 Å². The third-order valence-corrected chi connectivity index (χ3v) is 4.76. The van der Waals surface area contributed by atoms with E-state index in [1.165, 1.54) is 39.4 Å². The molecular formula is C22H20N2O7. The Labute approximate surface area is 178 Å². The summed E-state index contributed by atoms with van der Waals surface area (Å²) in [6.07, 6.45) is 1.36. The van der Waals surface area contributed by atoms with Crippen LogP contribution in [0.25, 0.3) is 6.08 Å². The van der Waals surface area contributed by atoms with Crippen molar-refractivity contribution in [2.45, 2.75) is 6.61 Å². The van der Waals surface area contributed by atoms with Crippen molar-refractivity contribution < 1.29 is 33.8 Å². The zero-order valence-corrected chi connectivity index (χ0v) is 17.1. The average molecular weight is 424 g/mol. The van der Waals surface area contributed by atoms with Crippen LogP contribution in [0, 0.1) is 0 Å². The van der Waals surface area contributed by atoms with Gasteiger partial charge in [-0.25, -0.2) is 9.59 Å².